The third kappa shape index (κ3) is 3.29. The molecular weight excluding hydrogens is 326 g/mol. The molecule has 2 aromatic carbocycles. The molecule has 3 aromatic rings. The summed E-state index contributed by atoms with van der Waals surface area (Å²) in [5, 5.41) is 2.76. The van der Waals surface area contributed by atoms with Gasteiger partial charge in [0, 0.05) is 18.6 Å². The van der Waals surface area contributed by atoms with E-state index in [1.54, 1.807) is 0 Å². The predicted molar refractivity (Wildman–Crippen MR) is 115 cm³/mol. The zero-order valence-electron chi connectivity index (χ0n) is 17.5. The molecule has 0 bridgehead atoms. The third-order valence-electron chi connectivity index (χ3n) is 6.57. The number of rotatable bonds is 3. The molecule has 0 atom stereocenters. The molecule has 0 N–H and O–H groups in total. The molecule has 0 unspecified atom stereocenters. The van der Waals surface area contributed by atoms with Gasteiger partial charge in [-0.3, -0.25) is 0 Å². The lowest BCUT2D eigenvalue weighted by Crippen LogP contribution is -2.35. The molecule has 0 radical (unpaired) electrons. The molecule has 1 heteroatoms. The average Bonchev–Trinajstić information content (AvgIpc) is 3.18. The highest BCUT2D eigenvalue weighted by molar-refractivity contribution is 5.94. The Hall–Kier alpha value is -2.15. The van der Waals surface area contributed by atoms with Crippen LogP contribution in [0, 0.1) is 13.8 Å². The van der Waals surface area contributed by atoms with E-state index in [1.807, 2.05) is 0 Å². The van der Waals surface area contributed by atoms with E-state index in [-0.39, 0.29) is 0 Å². The molecule has 140 valence electrons. The van der Waals surface area contributed by atoms with Gasteiger partial charge in [0.1, 0.15) is 7.05 Å². The van der Waals surface area contributed by atoms with E-state index in [2.05, 4.69) is 81.8 Å². The van der Waals surface area contributed by atoms with Crippen LogP contribution in [0.4, 0.5) is 0 Å². The second-order valence-electron chi connectivity index (χ2n) is 8.75. The zero-order chi connectivity index (χ0) is 19.1. The smallest absolute Gasteiger partial charge is 0.198 e. The lowest BCUT2D eigenvalue weighted by molar-refractivity contribution is -0.665. The number of hydrogen-bond donors (Lipinski definition) is 0. The Kier molecular flexibility index (Phi) is 4.80. The molecule has 0 aliphatic heterocycles. The summed E-state index contributed by atoms with van der Waals surface area (Å²) in [5.74, 6) is 1.30. The Morgan fingerprint density at radius 3 is 2.37 bits per heavy atom. The van der Waals surface area contributed by atoms with Crippen LogP contribution in [0.1, 0.15) is 73.8 Å². The summed E-state index contributed by atoms with van der Waals surface area (Å²) >= 11 is 0. The van der Waals surface area contributed by atoms with Crippen molar-refractivity contribution in [2.24, 2.45) is 7.05 Å². The fourth-order valence-electron chi connectivity index (χ4n) is 4.69. The summed E-state index contributed by atoms with van der Waals surface area (Å²) in [7, 11) is 2.20. The highest BCUT2D eigenvalue weighted by Gasteiger charge is 2.22. The van der Waals surface area contributed by atoms with E-state index in [1.165, 1.54) is 70.1 Å². The number of hydrogen-bond acceptors (Lipinski definition) is 0. The van der Waals surface area contributed by atoms with Gasteiger partial charge in [-0.05, 0) is 65.8 Å². The minimum atomic E-state index is 0.541. The van der Waals surface area contributed by atoms with Crippen molar-refractivity contribution < 1.29 is 4.57 Å². The van der Waals surface area contributed by atoms with Gasteiger partial charge in [0.15, 0.2) is 5.69 Å². The molecule has 1 nitrogen and oxygen atoms in total. The lowest BCUT2D eigenvalue weighted by atomic mass is 9.91. The first-order valence-corrected chi connectivity index (χ1v) is 10.5. The first kappa shape index (κ1) is 18.2. The number of aryl methyl sites for hydroxylation is 2. The standard InChI is InChI=1S/C26H32N/c1-17(2)21-11-10-18(3)25(16-21)26-24-13-12-22(20-8-6-7-9-20)15-23(24)14-19(4)27(26)5/h10-17,20H,6-9H2,1-5H3/q+1. The largest absolute Gasteiger partial charge is 0.220 e. The van der Waals surface area contributed by atoms with E-state index in [4.69, 9.17) is 0 Å². The molecule has 1 fully saturated rings. The molecule has 1 saturated carbocycles. The van der Waals surface area contributed by atoms with Crippen LogP contribution in [0.25, 0.3) is 22.0 Å². The summed E-state index contributed by atoms with van der Waals surface area (Å²) in [5.41, 5.74) is 8.32. The van der Waals surface area contributed by atoms with Crippen LogP contribution in [-0.2, 0) is 7.05 Å². The van der Waals surface area contributed by atoms with Gasteiger partial charge in [-0.15, -0.1) is 0 Å². The maximum absolute atomic E-state index is 2.46. The Morgan fingerprint density at radius 1 is 0.926 bits per heavy atom. The topological polar surface area (TPSA) is 3.88 Å². The fourth-order valence-corrected chi connectivity index (χ4v) is 4.69. The normalized spacial score (nSPS) is 15.2. The Labute approximate surface area is 164 Å². The van der Waals surface area contributed by atoms with Crippen molar-refractivity contribution >= 4 is 10.8 Å². The SMILES string of the molecule is Cc1ccc(C(C)C)cc1-c1c2ccc(C3CCCC3)cc2cc(C)[n+]1C. The monoisotopic (exact) mass is 358 g/mol. The lowest BCUT2D eigenvalue weighted by Gasteiger charge is -2.15. The van der Waals surface area contributed by atoms with E-state index < -0.39 is 0 Å². The predicted octanol–water partition coefficient (Wildman–Crippen LogP) is 6.73. The van der Waals surface area contributed by atoms with Crippen LogP contribution in [0.5, 0.6) is 0 Å². The van der Waals surface area contributed by atoms with Crippen molar-refractivity contribution in [3.05, 3.63) is 64.8 Å². The molecule has 1 aliphatic rings. The van der Waals surface area contributed by atoms with Crippen LogP contribution in [0.15, 0.2) is 42.5 Å². The van der Waals surface area contributed by atoms with Gasteiger partial charge in [-0.1, -0.05) is 51.0 Å². The van der Waals surface area contributed by atoms with E-state index >= 15 is 0 Å². The molecule has 0 amide bonds. The quantitative estimate of drug-likeness (QED) is 0.457. The summed E-state index contributed by atoms with van der Waals surface area (Å²) in [6.45, 7) is 9.01. The first-order valence-electron chi connectivity index (χ1n) is 10.5. The van der Waals surface area contributed by atoms with Gasteiger partial charge in [-0.2, -0.15) is 4.57 Å². The van der Waals surface area contributed by atoms with E-state index in [9.17, 15) is 0 Å². The summed E-state index contributed by atoms with van der Waals surface area (Å²) in [6.07, 6.45) is 5.48. The Bertz CT molecular complexity index is 991. The van der Waals surface area contributed by atoms with Crippen LogP contribution < -0.4 is 4.57 Å². The molecule has 0 spiro atoms. The maximum atomic E-state index is 2.46. The van der Waals surface area contributed by atoms with Crippen LogP contribution in [0.3, 0.4) is 0 Å². The van der Waals surface area contributed by atoms with Gasteiger partial charge in [-0.25, -0.2) is 0 Å². The second-order valence-corrected chi connectivity index (χ2v) is 8.75. The van der Waals surface area contributed by atoms with E-state index in [0.29, 0.717) is 5.92 Å². The van der Waals surface area contributed by atoms with Crippen LogP contribution >= 0.6 is 0 Å². The summed E-state index contributed by atoms with van der Waals surface area (Å²) in [4.78, 5) is 0. The third-order valence-corrected chi connectivity index (χ3v) is 6.57. The maximum Gasteiger partial charge on any atom is 0.220 e. The van der Waals surface area contributed by atoms with Crippen molar-refractivity contribution in [2.45, 2.75) is 65.2 Å². The fraction of sp³-hybridized carbons (Fsp3) is 0.423. The average molecular weight is 359 g/mol. The van der Waals surface area contributed by atoms with Crippen molar-refractivity contribution in [3.8, 4) is 11.3 Å². The van der Waals surface area contributed by atoms with Gasteiger partial charge in [0.05, 0.1) is 5.39 Å². The van der Waals surface area contributed by atoms with Crippen molar-refractivity contribution in [1.29, 1.82) is 0 Å². The number of nitrogens with zero attached hydrogens (tertiary/aromatic N) is 1. The highest BCUT2D eigenvalue weighted by Crippen LogP contribution is 2.37. The first-order chi connectivity index (χ1) is 13.0. The molecule has 1 aromatic heterocycles. The Morgan fingerprint density at radius 2 is 1.67 bits per heavy atom. The van der Waals surface area contributed by atoms with E-state index in [0.717, 1.165) is 5.92 Å². The molecule has 0 saturated heterocycles. The van der Waals surface area contributed by atoms with Gasteiger partial charge in [0.25, 0.3) is 0 Å². The highest BCUT2D eigenvalue weighted by atomic mass is 14.9. The number of aromatic nitrogens is 1. The second kappa shape index (κ2) is 7.11. The van der Waals surface area contributed by atoms with Gasteiger partial charge < -0.3 is 0 Å². The summed E-state index contributed by atoms with van der Waals surface area (Å²) in [6, 6.07) is 16.5. The van der Waals surface area contributed by atoms with Gasteiger partial charge >= 0.3 is 0 Å². The van der Waals surface area contributed by atoms with Crippen molar-refractivity contribution in [2.75, 3.05) is 0 Å². The van der Waals surface area contributed by atoms with Crippen molar-refractivity contribution in [1.82, 2.24) is 0 Å². The number of benzene rings is 2. The Balaban J connectivity index is 1.94. The minimum Gasteiger partial charge on any atom is -0.198 e. The van der Waals surface area contributed by atoms with Gasteiger partial charge in [0.2, 0.25) is 5.69 Å². The molecule has 1 heterocycles. The zero-order valence-corrected chi connectivity index (χ0v) is 17.5. The minimum absolute atomic E-state index is 0.541. The molecule has 1 aliphatic carbocycles. The van der Waals surface area contributed by atoms with Crippen LogP contribution in [-0.4, -0.2) is 0 Å². The van der Waals surface area contributed by atoms with Crippen LogP contribution in [0.2, 0.25) is 0 Å². The molecular formula is C26H32N+. The van der Waals surface area contributed by atoms with Crippen molar-refractivity contribution in [3.63, 3.8) is 0 Å². The molecule has 27 heavy (non-hydrogen) atoms. The number of fused-ring (bicyclic) bond motifs is 1. The number of pyridine rings is 1. The summed E-state index contributed by atoms with van der Waals surface area (Å²) < 4.78 is 2.37. The molecule has 4 rings (SSSR count).